The van der Waals surface area contributed by atoms with Gasteiger partial charge in [0, 0.05) is 51.4 Å². The Kier molecular flexibility index (Phi) is 7.01. The van der Waals surface area contributed by atoms with Gasteiger partial charge in [-0.05, 0) is 14.1 Å². The number of amides is 2. The standard InChI is InChI=1S/C17H27ClN4O3/c1-20(2)6-5-19-17(23)22-9-7-21(8-10-22)14-12-15(24-3)13(18)11-16(14)25-4/h11-12H,5-10H2,1-4H3,(H,19,23). The monoisotopic (exact) mass is 370 g/mol. The fourth-order valence-corrected chi connectivity index (χ4v) is 2.97. The molecule has 2 amide bonds. The van der Waals surface area contributed by atoms with E-state index in [0.717, 1.165) is 25.3 Å². The van der Waals surface area contributed by atoms with E-state index in [-0.39, 0.29) is 6.03 Å². The van der Waals surface area contributed by atoms with E-state index >= 15 is 0 Å². The van der Waals surface area contributed by atoms with Crippen molar-refractivity contribution in [2.75, 3.05) is 72.5 Å². The molecule has 140 valence electrons. The summed E-state index contributed by atoms with van der Waals surface area (Å²) in [5, 5.41) is 3.47. The topological polar surface area (TPSA) is 57.3 Å². The average Bonchev–Trinajstić information content (AvgIpc) is 2.61. The predicted molar refractivity (Wildman–Crippen MR) is 100 cm³/mol. The predicted octanol–water partition coefficient (Wildman–Crippen LogP) is 1.75. The summed E-state index contributed by atoms with van der Waals surface area (Å²) in [7, 11) is 7.18. The number of carbonyl (C=O) groups is 1. The van der Waals surface area contributed by atoms with Gasteiger partial charge in [0.25, 0.3) is 0 Å². The van der Waals surface area contributed by atoms with E-state index in [4.69, 9.17) is 21.1 Å². The van der Waals surface area contributed by atoms with Gasteiger partial charge in [-0.15, -0.1) is 0 Å². The first kappa shape index (κ1) is 19.5. The lowest BCUT2D eigenvalue weighted by molar-refractivity contribution is 0.193. The smallest absolute Gasteiger partial charge is 0.317 e. The summed E-state index contributed by atoms with van der Waals surface area (Å²) in [6.07, 6.45) is 0. The van der Waals surface area contributed by atoms with Crippen LogP contribution in [0.1, 0.15) is 0 Å². The third kappa shape index (κ3) is 5.06. The number of rotatable bonds is 6. The van der Waals surface area contributed by atoms with Crippen molar-refractivity contribution >= 4 is 23.3 Å². The van der Waals surface area contributed by atoms with Crippen LogP contribution in [-0.4, -0.2) is 83.4 Å². The molecule has 1 aliphatic rings. The van der Waals surface area contributed by atoms with Crippen molar-refractivity contribution in [2.45, 2.75) is 0 Å². The van der Waals surface area contributed by atoms with Gasteiger partial charge in [0.15, 0.2) is 0 Å². The molecule has 1 heterocycles. The first-order valence-corrected chi connectivity index (χ1v) is 8.68. The van der Waals surface area contributed by atoms with Crippen LogP contribution in [-0.2, 0) is 0 Å². The molecule has 1 aromatic carbocycles. The fourth-order valence-electron chi connectivity index (χ4n) is 2.74. The second-order valence-electron chi connectivity index (χ2n) is 6.17. The number of anilines is 1. The number of halogens is 1. The minimum Gasteiger partial charge on any atom is -0.495 e. The Bertz CT molecular complexity index is 590. The molecule has 7 nitrogen and oxygen atoms in total. The van der Waals surface area contributed by atoms with E-state index in [2.05, 4.69) is 10.2 Å². The summed E-state index contributed by atoms with van der Waals surface area (Å²) >= 11 is 6.17. The van der Waals surface area contributed by atoms with Crippen LogP contribution < -0.4 is 19.7 Å². The Balaban J connectivity index is 1.97. The Morgan fingerprint density at radius 3 is 2.36 bits per heavy atom. The molecule has 0 bridgehead atoms. The Morgan fingerprint density at radius 1 is 1.16 bits per heavy atom. The van der Waals surface area contributed by atoms with Crippen LogP contribution in [0, 0.1) is 0 Å². The minimum atomic E-state index is -0.0119. The molecule has 1 aliphatic heterocycles. The number of likely N-dealkylation sites (N-methyl/N-ethyl adjacent to an activating group) is 1. The lowest BCUT2D eigenvalue weighted by atomic mass is 10.2. The largest absolute Gasteiger partial charge is 0.495 e. The number of hydrogen-bond donors (Lipinski definition) is 1. The number of hydrogen-bond acceptors (Lipinski definition) is 5. The molecule has 0 aromatic heterocycles. The van der Waals surface area contributed by atoms with Crippen LogP contribution in [0.2, 0.25) is 5.02 Å². The Morgan fingerprint density at radius 2 is 1.80 bits per heavy atom. The third-order valence-electron chi connectivity index (χ3n) is 4.20. The van der Waals surface area contributed by atoms with E-state index in [0.29, 0.717) is 36.2 Å². The zero-order valence-electron chi connectivity index (χ0n) is 15.3. The molecule has 0 aliphatic carbocycles. The summed E-state index contributed by atoms with van der Waals surface area (Å²) in [5.41, 5.74) is 0.927. The van der Waals surface area contributed by atoms with Crippen molar-refractivity contribution in [1.82, 2.24) is 15.1 Å². The second kappa shape index (κ2) is 9.01. The van der Waals surface area contributed by atoms with Crippen molar-refractivity contribution in [2.24, 2.45) is 0 Å². The van der Waals surface area contributed by atoms with Gasteiger partial charge in [0.2, 0.25) is 0 Å². The Hall–Kier alpha value is -1.86. The van der Waals surface area contributed by atoms with Crippen molar-refractivity contribution in [3.8, 4) is 11.5 Å². The molecule has 0 unspecified atom stereocenters. The number of piperazine rings is 1. The third-order valence-corrected chi connectivity index (χ3v) is 4.49. The maximum Gasteiger partial charge on any atom is 0.317 e. The van der Waals surface area contributed by atoms with Crippen molar-refractivity contribution in [1.29, 1.82) is 0 Å². The molecule has 1 fully saturated rings. The molecule has 2 rings (SSSR count). The highest BCUT2D eigenvalue weighted by molar-refractivity contribution is 6.32. The van der Waals surface area contributed by atoms with E-state index in [1.54, 1.807) is 20.3 Å². The van der Waals surface area contributed by atoms with Crippen LogP contribution in [0.25, 0.3) is 0 Å². The van der Waals surface area contributed by atoms with E-state index in [1.807, 2.05) is 30.0 Å². The van der Waals surface area contributed by atoms with Crippen LogP contribution in [0.3, 0.4) is 0 Å². The van der Waals surface area contributed by atoms with Gasteiger partial charge in [-0.1, -0.05) is 11.6 Å². The fraction of sp³-hybridized carbons (Fsp3) is 0.588. The molecule has 0 radical (unpaired) electrons. The van der Waals surface area contributed by atoms with Gasteiger partial charge >= 0.3 is 6.03 Å². The number of carbonyl (C=O) groups excluding carboxylic acids is 1. The van der Waals surface area contributed by atoms with E-state index in [1.165, 1.54) is 0 Å². The van der Waals surface area contributed by atoms with Crippen LogP contribution in [0.5, 0.6) is 11.5 Å². The highest BCUT2D eigenvalue weighted by atomic mass is 35.5. The molecule has 0 saturated carbocycles. The lowest BCUT2D eigenvalue weighted by Gasteiger charge is -2.36. The summed E-state index contributed by atoms with van der Waals surface area (Å²) in [6, 6.07) is 3.63. The maximum absolute atomic E-state index is 12.2. The summed E-state index contributed by atoms with van der Waals surface area (Å²) in [5.74, 6) is 1.32. The molecule has 1 saturated heterocycles. The first-order valence-electron chi connectivity index (χ1n) is 8.30. The quantitative estimate of drug-likeness (QED) is 0.826. The summed E-state index contributed by atoms with van der Waals surface area (Å²) in [6.45, 7) is 4.23. The van der Waals surface area contributed by atoms with Gasteiger partial charge < -0.3 is 29.5 Å². The van der Waals surface area contributed by atoms with Gasteiger partial charge in [0.05, 0.1) is 24.9 Å². The SMILES string of the molecule is COc1cc(N2CCN(C(=O)NCCN(C)C)CC2)c(OC)cc1Cl. The molecule has 0 atom stereocenters. The highest BCUT2D eigenvalue weighted by Crippen LogP contribution is 2.38. The van der Waals surface area contributed by atoms with Crippen LogP contribution >= 0.6 is 11.6 Å². The number of methoxy groups -OCH3 is 2. The summed E-state index contributed by atoms with van der Waals surface area (Å²) in [4.78, 5) is 18.3. The number of nitrogens with zero attached hydrogens (tertiary/aromatic N) is 3. The molecule has 1 N–H and O–H groups in total. The molecule has 0 spiro atoms. The Labute approximate surface area is 154 Å². The minimum absolute atomic E-state index is 0.0119. The molecular formula is C17H27ClN4O3. The number of ether oxygens (including phenoxy) is 2. The second-order valence-corrected chi connectivity index (χ2v) is 6.58. The molecule has 1 aromatic rings. The number of urea groups is 1. The van der Waals surface area contributed by atoms with Gasteiger partial charge in [-0.3, -0.25) is 0 Å². The van der Waals surface area contributed by atoms with Gasteiger partial charge in [-0.2, -0.15) is 0 Å². The van der Waals surface area contributed by atoms with Crippen LogP contribution in [0.15, 0.2) is 12.1 Å². The van der Waals surface area contributed by atoms with Crippen molar-refractivity contribution in [3.05, 3.63) is 17.2 Å². The first-order chi connectivity index (χ1) is 12.0. The highest BCUT2D eigenvalue weighted by Gasteiger charge is 2.24. The molecule has 25 heavy (non-hydrogen) atoms. The number of nitrogens with one attached hydrogen (secondary N) is 1. The number of benzene rings is 1. The van der Waals surface area contributed by atoms with Gasteiger partial charge in [0.1, 0.15) is 11.5 Å². The molecule has 8 heteroatoms. The van der Waals surface area contributed by atoms with Gasteiger partial charge in [-0.25, -0.2) is 4.79 Å². The van der Waals surface area contributed by atoms with Crippen molar-refractivity contribution < 1.29 is 14.3 Å². The summed E-state index contributed by atoms with van der Waals surface area (Å²) < 4.78 is 10.8. The molecular weight excluding hydrogens is 344 g/mol. The zero-order valence-corrected chi connectivity index (χ0v) is 16.1. The zero-order chi connectivity index (χ0) is 18.4. The van der Waals surface area contributed by atoms with Crippen molar-refractivity contribution in [3.63, 3.8) is 0 Å². The average molecular weight is 371 g/mol. The lowest BCUT2D eigenvalue weighted by Crippen LogP contribution is -2.52. The van der Waals surface area contributed by atoms with E-state index < -0.39 is 0 Å². The van der Waals surface area contributed by atoms with E-state index in [9.17, 15) is 4.79 Å². The maximum atomic E-state index is 12.2. The normalized spacial score (nSPS) is 14.6. The van der Waals surface area contributed by atoms with Crippen LogP contribution in [0.4, 0.5) is 10.5 Å².